The van der Waals surface area contributed by atoms with Gasteiger partial charge in [-0.15, -0.1) is 28.1 Å². The van der Waals surface area contributed by atoms with E-state index in [-0.39, 0.29) is 18.3 Å². The van der Waals surface area contributed by atoms with Crippen LogP contribution in [0.15, 0.2) is 66.3 Å². The van der Waals surface area contributed by atoms with E-state index in [1.165, 1.54) is 30.2 Å². The van der Waals surface area contributed by atoms with Gasteiger partial charge in [0.2, 0.25) is 5.91 Å². The largest absolute Gasteiger partial charge is 0.485 e. The zero-order chi connectivity index (χ0) is 27.9. The second-order valence-corrected chi connectivity index (χ2v) is 11.0. The topological polar surface area (TPSA) is 95.3 Å². The third-order valence-electron chi connectivity index (χ3n) is 5.93. The van der Waals surface area contributed by atoms with Crippen LogP contribution in [-0.2, 0) is 22.7 Å². The van der Waals surface area contributed by atoms with E-state index in [4.69, 9.17) is 9.47 Å². The van der Waals surface area contributed by atoms with Crippen LogP contribution in [-0.4, -0.2) is 39.5 Å². The van der Waals surface area contributed by atoms with Crippen LogP contribution in [0.2, 0.25) is 0 Å². The number of thiophene rings is 1. The number of allylic oxidation sites excluding steroid dienone is 1. The molecule has 8 nitrogen and oxygen atoms in total. The van der Waals surface area contributed by atoms with Gasteiger partial charge in [0.05, 0.1) is 12.9 Å². The molecule has 0 bridgehead atoms. The molecule has 0 aliphatic rings. The fourth-order valence-electron chi connectivity index (χ4n) is 4.02. The third kappa shape index (κ3) is 6.58. The number of carbonyl (C=O) groups is 2. The summed E-state index contributed by atoms with van der Waals surface area (Å²) in [5.74, 6) is 0.728. The molecule has 0 fully saturated rings. The molecule has 4 aromatic rings. The predicted octanol–water partition coefficient (Wildman–Crippen LogP) is 6.21. The van der Waals surface area contributed by atoms with Crippen LogP contribution in [0, 0.1) is 20.8 Å². The number of hydrogen-bond acceptors (Lipinski definition) is 8. The molecule has 39 heavy (non-hydrogen) atoms. The zero-order valence-corrected chi connectivity index (χ0v) is 23.9. The highest BCUT2D eigenvalue weighted by Crippen LogP contribution is 2.40. The molecule has 202 valence electrons. The highest BCUT2D eigenvalue weighted by Gasteiger charge is 2.25. The first-order valence-corrected chi connectivity index (χ1v) is 14.0. The molecule has 0 aliphatic carbocycles. The molecule has 2 heterocycles. The first kappa shape index (κ1) is 28.1. The smallest absolute Gasteiger partial charge is 0.341 e. The highest BCUT2D eigenvalue weighted by molar-refractivity contribution is 7.99. The average Bonchev–Trinajstić information content (AvgIpc) is 3.47. The van der Waals surface area contributed by atoms with Crippen molar-refractivity contribution >= 4 is 40.0 Å². The van der Waals surface area contributed by atoms with Gasteiger partial charge in [-0.25, -0.2) is 4.79 Å². The van der Waals surface area contributed by atoms with E-state index in [1.54, 1.807) is 6.08 Å². The van der Waals surface area contributed by atoms with Gasteiger partial charge >= 0.3 is 5.97 Å². The Morgan fingerprint density at radius 1 is 1.13 bits per heavy atom. The molecule has 0 radical (unpaired) electrons. The fraction of sp³-hybridized carbons (Fsp3) is 0.241. The SMILES string of the molecule is C=CCn1c(COc2cc(C)ccc2C)nnc1SCC(=O)Nc1sc(C)c(-c2ccccc2)c1C(=O)OC. The maximum absolute atomic E-state index is 13.0. The number of nitrogens with zero attached hydrogens (tertiary/aromatic N) is 3. The van der Waals surface area contributed by atoms with E-state index < -0.39 is 5.97 Å². The minimum atomic E-state index is -0.500. The van der Waals surface area contributed by atoms with Gasteiger partial charge in [-0.2, -0.15) is 0 Å². The van der Waals surface area contributed by atoms with Gasteiger partial charge in [-0.05, 0) is 43.5 Å². The van der Waals surface area contributed by atoms with Crippen molar-refractivity contribution in [2.45, 2.75) is 39.1 Å². The van der Waals surface area contributed by atoms with Gasteiger partial charge in [0.25, 0.3) is 0 Å². The van der Waals surface area contributed by atoms with Crippen LogP contribution in [0.4, 0.5) is 5.00 Å². The lowest BCUT2D eigenvalue weighted by molar-refractivity contribution is -0.113. The van der Waals surface area contributed by atoms with Crippen LogP contribution >= 0.6 is 23.1 Å². The van der Waals surface area contributed by atoms with Crippen molar-refractivity contribution in [1.29, 1.82) is 0 Å². The number of methoxy groups -OCH3 is 1. The number of anilines is 1. The molecule has 0 saturated heterocycles. The standard InChI is InChI=1S/C29H30N4O4S2/c1-6-14-33-23(16-37-22-15-18(2)12-13-19(22)3)31-32-29(33)38-17-24(34)30-27-26(28(35)36-5)25(20(4)39-27)21-10-8-7-9-11-21/h6-13,15H,1,14,16-17H2,2-5H3,(H,30,34). The molecule has 0 spiro atoms. The number of thioether (sulfide) groups is 1. The van der Waals surface area contributed by atoms with Crippen molar-refractivity contribution < 1.29 is 19.1 Å². The maximum Gasteiger partial charge on any atom is 0.341 e. The summed E-state index contributed by atoms with van der Waals surface area (Å²) in [6.07, 6.45) is 1.75. The molecular formula is C29H30N4O4S2. The lowest BCUT2D eigenvalue weighted by atomic mass is 10.0. The second-order valence-electron chi connectivity index (χ2n) is 8.79. The zero-order valence-electron chi connectivity index (χ0n) is 22.3. The third-order valence-corrected chi connectivity index (χ3v) is 7.91. The first-order valence-electron chi connectivity index (χ1n) is 12.2. The summed E-state index contributed by atoms with van der Waals surface area (Å²) in [4.78, 5) is 26.6. The Balaban J connectivity index is 1.48. The molecule has 0 aliphatic heterocycles. The van der Waals surface area contributed by atoms with Crippen molar-refractivity contribution in [3.8, 4) is 16.9 Å². The van der Waals surface area contributed by atoms with Crippen LogP contribution in [0.1, 0.15) is 32.2 Å². The van der Waals surface area contributed by atoms with E-state index in [0.717, 1.165) is 32.9 Å². The molecule has 10 heteroatoms. The number of amides is 1. The number of carbonyl (C=O) groups excluding carboxylic acids is 2. The number of rotatable bonds is 11. The van der Waals surface area contributed by atoms with Gasteiger partial charge in [-0.1, -0.05) is 60.3 Å². The molecule has 2 aromatic heterocycles. The van der Waals surface area contributed by atoms with E-state index in [2.05, 4.69) is 22.1 Å². The summed E-state index contributed by atoms with van der Waals surface area (Å²) in [6, 6.07) is 15.6. The number of hydrogen-bond donors (Lipinski definition) is 1. The first-order chi connectivity index (χ1) is 18.8. The average molecular weight is 563 g/mol. The molecule has 0 saturated carbocycles. The Labute approximate surface area is 236 Å². The molecule has 0 unspecified atom stereocenters. The normalized spacial score (nSPS) is 10.8. The van der Waals surface area contributed by atoms with Crippen LogP contribution in [0.5, 0.6) is 5.75 Å². The van der Waals surface area contributed by atoms with Gasteiger partial charge in [0.15, 0.2) is 11.0 Å². The van der Waals surface area contributed by atoms with Crippen molar-refractivity contribution in [3.05, 3.63) is 88.6 Å². The molecular weight excluding hydrogens is 532 g/mol. The molecule has 4 rings (SSSR count). The molecule has 1 N–H and O–H groups in total. The Morgan fingerprint density at radius 2 is 1.90 bits per heavy atom. The number of aromatic nitrogens is 3. The monoisotopic (exact) mass is 562 g/mol. The highest BCUT2D eigenvalue weighted by atomic mass is 32.2. The summed E-state index contributed by atoms with van der Waals surface area (Å²) >= 11 is 2.60. The van der Waals surface area contributed by atoms with Gasteiger partial charge < -0.3 is 14.8 Å². The Hall–Kier alpha value is -3.89. The van der Waals surface area contributed by atoms with Crippen LogP contribution in [0.25, 0.3) is 11.1 Å². The van der Waals surface area contributed by atoms with Crippen molar-refractivity contribution in [2.24, 2.45) is 0 Å². The van der Waals surface area contributed by atoms with E-state index in [9.17, 15) is 9.59 Å². The minimum absolute atomic E-state index is 0.0748. The summed E-state index contributed by atoms with van der Waals surface area (Å²) in [7, 11) is 1.33. The molecule has 1 amide bonds. The van der Waals surface area contributed by atoms with Crippen LogP contribution < -0.4 is 10.1 Å². The quantitative estimate of drug-likeness (QED) is 0.132. The maximum atomic E-state index is 13.0. The molecule has 0 atom stereocenters. The predicted molar refractivity (Wildman–Crippen MR) is 156 cm³/mol. The number of nitrogens with one attached hydrogen (secondary N) is 1. The van der Waals surface area contributed by atoms with Crippen LogP contribution in [0.3, 0.4) is 0 Å². The van der Waals surface area contributed by atoms with Gasteiger partial charge in [-0.3, -0.25) is 9.36 Å². The van der Waals surface area contributed by atoms with Gasteiger partial charge in [0, 0.05) is 17.0 Å². The summed E-state index contributed by atoms with van der Waals surface area (Å²) in [6.45, 7) is 10.5. The van der Waals surface area contributed by atoms with Gasteiger partial charge in [0.1, 0.15) is 22.9 Å². The minimum Gasteiger partial charge on any atom is -0.485 e. The van der Waals surface area contributed by atoms with Crippen molar-refractivity contribution in [2.75, 3.05) is 18.2 Å². The molecule has 2 aromatic carbocycles. The van der Waals surface area contributed by atoms with Crippen molar-refractivity contribution in [1.82, 2.24) is 14.8 Å². The summed E-state index contributed by atoms with van der Waals surface area (Å²) in [5, 5.41) is 12.5. The number of esters is 1. The van der Waals surface area contributed by atoms with Crippen molar-refractivity contribution in [3.63, 3.8) is 0 Å². The lowest BCUT2D eigenvalue weighted by Crippen LogP contribution is -2.16. The summed E-state index contributed by atoms with van der Waals surface area (Å²) < 4.78 is 12.9. The fourth-order valence-corrected chi connectivity index (χ4v) is 5.87. The lowest BCUT2D eigenvalue weighted by Gasteiger charge is -2.11. The summed E-state index contributed by atoms with van der Waals surface area (Å²) in [5.41, 5.74) is 4.14. The second kappa shape index (κ2) is 12.8. The van der Waals surface area contributed by atoms with E-state index in [1.807, 2.05) is 73.9 Å². The Kier molecular flexibility index (Phi) is 9.21. The van der Waals surface area contributed by atoms with E-state index >= 15 is 0 Å². The Bertz CT molecular complexity index is 1490. The van der Waals surface area contributed by atoms with E-state index in [0.29, 0.717) is 28.1 Å². The Morgan fingerprint density at radius 3 is 2.62 bits per heavy atom. The number of ether oxygens (including phenoxy) is 2. The number of benzene rings is 2. The number of aryl methyl sites for hydroxylation is 3.